The minimum atomic E-state index is -0.197. The molecule has 0 aromatic carbocycles. The zero-order valence-corrected chi connectivity index (χ0v) is 18.0. The molecule has 27 heavy (non-hydrogen) atoms. The smallest absolute Gasteiger partial charge is 0.239 e. The number of hydrogen-bond donors (Lipinski definition) is 1. The Bertz CT molecular complexity index is 497. The zero-order chi connectivity index (χ0) is 20.0. The van der Waals surface area contributed by atoms with E-state index in [1.807, 2.05) is 32.6 Å². The van der Waals surface area contributed by atoms with Crippen LogP contribution < -0.4 is 5.32 Å². The quantitative estimate of drug-likeness (QED) is 0.750. The topological polar surface area (TPSA) is 59.1 Å². The van der Waals surface area contributed by atoms with Crippen LogP contribution in [-0.4, -0.2) is 108 Å². The van der Waals surface area contributed by atoms with Gasteiger partial charge in [-0.15, -0.1) is 0 Å². The van der Waals surface area contributed by atoms with E-state index in [9.17, 15) is 9.59 Å². The van der Waals surface area contributed by atoms with Gasteiger partial charge >= 0.3 is 0 Å². The molecule has 1 unspecified atom stereocenters. The second-order valence-electron chi connectivity index (χ2n) is 8.90. The minimum Gasteiger partial charge on any atom is -0.350 e. The molecule has 2 amide bonds. The summed E-state index contributed by atoms with van der Waals surface area (Å²) in [7, 11) is 0. The molecule has 0 aromatic heterocycles. The molecule has 1 N–H and O–H groups in total. The molecule has 0 saturated carbocycles. The van der Waals surface area contributed by atoms with Crippen molar-refractivity contribution >= 4 is 11.8 Å². The summed E-state index contributed by atoms with van der Waals surface area (Å²) in [5.74, 6) is 0.332. The van der Waals surface area contributed by atoms with E-state index in [1.54, 1.807) is 0 Å². The predicted octanol–water partition coefficient (Wildman–Crippen LogP) is 0.461. The van der Waals surface area contributed by atoms with Crippen LogP contribution >= 0.6 is 0 Å². The average molecular weight is 382 g/mol. The maximum absolute atomic E-state index is 12.9. The molecule has 0 aliphatic carbocycles. The monoisotopic (exact) mass is 381 g/mol. The number of carbonyl (C=O) groups is 2. The van der Waals surface area contributed by atoms with Crippen molar-refractivity contribution in [3.05, 3.63) is 0 Å². The van der Waals surface area contributed by atoms with E-state index in [0.29, 0.717) is 6.54 Å². The Labute approximate surface area is 165 Å². The van der Waals surface area contributed by atoms with Gasteiger partial charge in [-0.25, -0.2) is 0 Å². The standard InChI is InChI=1S/C20H39N5O2/c1-6-22-10-14-25(15-11-22)19(27)17(2)24-9-7-8-23(12-13-24)16-18(26)21-20(3,4)5/h17H,6-16H2,1-5H3,(H,21,26). The Balaban J connectivity index is 1.81. The molecular weight excluding hydrogens is 342 g/mol. The first-order valence-corrected chi connectivity index (χ1v) is 10.5. The summed E-state index contributed by atoms with van der Waals surface area (Å²) in [6, 6.07) is -0.0819. The van der Waals surface area contributed by atoms with E-state index >= 15 is 0 Å². The molecule has 0 bridgehead atoms. The number of amides is 2. The van der Waals surface area contributed by atoms with Crippen LogP contribution in [-0.2, 0) is 9.59 Å². The second-order valence-corrected chi connectivity index (χ2v) is 8.90. The third-order valence-electron chi connectivity index (χ3n) is 5.54. The maximum atomic E-state index is 12.9. The van der Waals surface area contributed by atoms with Crippen LogP contribution in [0.25, 0.3) is 0 Å². The molecule has 7 heteroatoms. The Morgan fingerprint density at radius 1 is 0.926 bits per heavy atom. The number of rotatable bonds is 5. The lowest BCUT2D eigenvalue weighted by atomic mass is 10.1. The first-order valence-electron chi connectivity index (χ1n) is 10.5. The lowest BCUT2D eigenvalue weighted by molar-refractivity contribution is -0.138. The molecule has 1 atom stereocenters. The molecule has 0 spiro atoms. The molecule has 0 aromatic rings. The van der Waals surface area contributed by atoms with Crippen LogP contribution in [0.4, 0.5) is 0 Å². The highest BCUT2D eigenvalue weighted by atomic mass is 16.2. The van der Waals surface area contributed by atoms with Gasteiger partial charge < -0.3 is 15.1 Å². The number of carbonyl (C=O) groups excluding carboxylic acids is 2. The van der Waals surface area contributed by atoms with E-state index in [0.717, 1.165) is 65.3 Å². The summed E-state index contributed by atoms with van der Waals surface area (Å²) < 4.78 is 0. The van der Waals surface area contributed by atoms with Gasteiger partial charge in [0.15, 0.2) is 0 Å². The van der Waals surface area contributed by atoms with Crippen molar-refractivity contribution in [3.63, 3.8) is 0 Å². The lowest BCUT2D eigenvalue weighted by Crippen LogP contribution is -2.54. The number of nitrogens with zero attached hydrogens (tertiary/aromatic N) is 4. The van der Waals surface area contributed by atoms with Gasteiger partial charge in [-0.2, -0.15) is 0 Å². The number of likely N-dealkylation sites (N-methyl/N-ethyl adjacent to an activating group) is 1. The van der Waals surface area contributed by atoms with Gasteiger partial charge in [0.1, 0.15) is 0 Å². The first-order chi connectivity index (χ1) is 12.7. The lowest BCUT2D eigenvalue weighted by Gasteiger charge is -2.37. The van der Waals surface area contributed by atoms with Crippen LogP contribution in [0.3, 0.4) is 0 Å². The van der Waals surface area contributed by atoms with Crippen LogP contribution in [0.2, 0.25) is 0 Å². The van der Waals surface area contributed by atoms with Crippen molar-refractivity contribution in [3.8, 4) is 0 Å². The van der Waals surface area contributed by atoms with E-state index in [2.05, 4.69) is 26.9 Å². The molecule has 7 nitrogen and oxygen atoms in total. The van der Waals surface area contributed by atoms with Gasteiger partial charge in [0, 0.05) is 51.4 Å². The highest BCUT2D eigenvalue weighted by Crippen LogP contribution is 2.12. The minimum absolute atomic E-state index is 0.0777. The van der Waals surface area contributed by atoms with Crippen LogP contribution in [0.15, 0.2) is 0 Å². The van der Waals surface area contributed by atoms with Crippen LogP contribution in [0.5, 0.6) is 0 Å². The van der Waals surface area contributed by atoms with Gasteiger partial charge in [0.25, 0.3) is 0 Å². The Morgan fingerprint density at radius 3 is 2.15 bits per heavy atom. The summed E-state index contributed by atoms with van der Waals surface area (Å²) >= 11 is 0. The van der Waals surface area contributed by atoms with Crippen molar-refractivity contribution in [2.24, 2.45) is 0 Å². The molecule has 2 fully saturated rings. The molecule has 2 aliphatic rings. The fraction of sp³-hybridized carbons (Fsp3) is 0.900. The molecule has 2 heterocycles. The van der Waals surface area contributed by atoms with Crippen molar-refractivity contribution in [1.29, 1.82) is 0 Å². The van der Waals surface area contributed by atoms with Crippen LogP contribution in [0, 0.1) is 0 Å². The third kappa shape index (κ3) is 7.05. The summed E-state index contributed by atoms with van der Waals surface area (Å²) in [6.07, 6.45) is 0.990. The predicted molar refractivity (Wildman–Crippen MR) is 109 cm³/mol. The largest absolute Gasteiger partial charge is 0.350 e. The van der Waals surface area contributed by atoms with Crippen LogP contribution in [0.1, 0.15) is 41.0 Å². The second kappa shape index (κ2) is 9.85. The van der Waals surface area contributed by atoms with Gasteiger partial charge in [0.2, 0.25) is 11.8 Å². The van der Waals surface area contributed by atoms with Gasteiger partial charge in [0.05, 0.1) is 12.6 Å². The van der Waals surface area contributed by atoms with E-state index in [1.165, 1.54) is 0 Å². The van der Waals surface area contributed by atoms with Gasteiger partial charge in [-0.1, -0.05) is 6.92 Å². The Hall–Kier alpha value is -1.18. The Kier molecular flexibility index (Phi) is 8.06. The van der Waals surface area contributed by atoms with Crippen molar-refractivity contribution < 1.29 is 9.59 Å². The number of piperazine rings is 1. The fourth-order valence-electron chi connectivity index (χ4n) is 3.90. The molecule has 0 radical (unpaired) electrons. The fourth-order valence-corrected chi connectivity index (χ4v) is 3.90. The SMILES string of the molecule is CCN1CCN(C(=O)C(C)N2CCCN(CC(=O)NC(C)(C)C)CC2)CC1. The highest BCUT2D eigenvalue weighted by molar-refractivity contribution is 5.81. The van der Waals surface area contributed by atoms with Crippen molar-refractivity contribution in [2.45, 2.75) is 52.6 Å². The maximum Gasteiger partial charge on any atom is 0.239 e. The van der Waals surface area contributed by atoms with Crippen molar-refractivity contribution in [1.82, 2.24) is 24.9 Å². The molecular formula is C20H39N5O2. The average Bonchev–Trinajstić information content (AvgIpc) is 2.84. The number of hydrogen-bond acceptors (Lipinski definition) is 5. The number of nitrogens with one attached hydrogen (secondary N) is 1. The molecule has 2 saturated heterocycles. The normalized spacial score (nSPS) is 22.3. The van der Waals surface area contributed by atoms with E-state index in [4.69, 9.17) is 0 Å². The highest BCUT2D eigenvalue weighted by Gasteiger charge is 2.29. The molecule has 2 rings (SSSR count). The summed E-state index contributed by atoms with van der Waals surface area (Å²) in [4.78, 5) is 34.0. The molecule has 2 aliphatic heterocycles. The van der Waals surface area contributed by atoms with Crippen molar-refractivity contribution in [2.75, 3.05) is 65.4 Å². The first kappa shape index (κ1) is 22.1. The third-order valence-corrected chi connectivity index (χ3v) is 5.54. The summed E-state index contributed by atoms with van der Waals surface area (Å²) in [6.45, 7) is 18.8. The van der Waals surface area contributed by atoms with Gasteiger partial charge in [-0.3, -0.25) is 19.4 Å². The van der Waals surface area contributed by atoms with E-state index in [-0.39, 0.29) is 23.4 Å². The zero-order valence-electron chi connectivity index (χ0n) is 18.0. The Morgan fingerprint density at radius 2 is 1.56 bits per heavy atom. The molecule has 156 valence electrons. The summed E-state index contributed by atoms with van der Waals surface area (Å²) in [5.41, 5.74) is -0.197. The summed E-state index contributed by atoms with van der Waals surface area (Å²) in [5, 5.41) is 3.03. The van der Waals surface area contributed by atoms with E-state index < -0.39 is 0 Å². The van der Waals surface area contributed by atoms with Gasteiger partial charge in [-0.05, 0) is 47.2 Å².